The summed E-state index contributed by atoms with van der Waals surface area (Å²) in [5.41, 5.74) is 0. The molecule has 0 bridgehead atoms. The van der Waals surface area contributed by atoms with Crippen LogP contribution in [0, 0.1) is 12.8 Å². The van der Waals surface area contributed by atoms with Gasteiger partial charge in [0.2, 0.25) is 0 Å². The van der Waals surface area contributed by atoms with E-state index in [4.69, 9.17) is 9.26 Å². The van der Waals surface area contributed by atoms with Crippen molar-refractivity contribution in [2.75, 3.05) is 38.2 Å². The van der Waals surface area contributed by atoms with Crippen LogP contribution in [0.1, 0.15) is 19.6 Å². The van der Waals surface area contributed by atoms with Crippen molar-refractivity contribution in [3.63, 3.8) is 0 Å². The number of nitrogens with one attached hydrogen (secondary N) is 2. The summed E-state index contributed by atoms with van der Waals surface area (Å²) < 4.78 is 10.3. The second kappa shape index (κ2) is 7.42. The number of morpholine rings is 1. The van der Waals surface area contributed by atoms with Gasteiger partial charge in [0.05, 0.1) is 13.2 Å². The molecule has 1 aliphatic rings. The molecule has 21 heavy (non-hydrogen) atoms. The lowest BCUT2D eigenvalue weighted by Gasteiger charge is -2.36. The molecule has 2 heterocycles. The molecule has 1 atom stereocenters. The summed E-state index contributed by atoms with van der Waals surface area (Å²) in [4.78, 5) is 14.3. The number of carbonyl (C=O) groups is 1. The monoisotopic (exact) mass is 296 g/mol. The van der Waals surface area contributed by atoms with Gasteiger partial charge in [-0.3, -0.25) is 10.2 Å². The number of aromatic nitrogens is 1. The van der Waals surface area contributed by atoms with Gasteiger partial charge in [-0.25, -0.2) is 4.79 Å². The Morgan fingerprint density at radius 1 is 1.43 bits per heavy atom. The molecule has 0 spiro atoms. The van der Waals surface area contributed by atoms with Gasteiger partial charge in [-0.1, -0.05) is 19.0 Å². The number of hydrogen-bond donors (Lipinski definition) is 2. The maximum Gasteiger partial charge on any atom is 0.320 e. The second-order valence-corrected chi connectivity index (χ2v) is 5.62. The molecule has 1 aromatic rings. The fourth-order valence-corrected chi connectivity index (χ4v) is 2.48. The lowest BCUT2D eigenvalue weighted by molar-refractivity contribution is 0.00728. The Morgan fingerprint density at radius 2 is 2.14 bits per heavy atom. The molecule has 1 saturated heterocycles. The molecule has 2 rings (SSSR count). The van der Waals surface area contributed by atoms with Crippen molar-refractivity contribution in [1.29, 1.82) is 0 Å². The van der Waals surface area contributed by atoms with Crippen molar-refractivity contribution >= 4 is 11.8 Å². The van der Waals surface area contributed by atoms with Crippen LogP contribution in [0.3, 0.4) is 0 Å². The van der Waals surface area contributed by atoms with Gasteiger partial charge in [0.25, 0.3) is 0 Å². The van der Waals surface area contributed by atoms with Gasteiger partial charge < -0.3 is 14.6 Å². The Kier molecular flexibility index (Phi) is 5.58. The van der Waals surface area contributed by atoms with Crippen LogP contribution in [-0.4, -0.2) is 55.0 Å². The van der Waals surface area contributed by atoms with Crippen molar-refractivity contribution in [3.05, 3.63) is 11.8 Å². The number of rotatable bonds is 5. The van der Waals surface area contributed by atoms with E-state index in [9.17, 15) is 4.79 Å². The van der Waals surface area contributed by atoms with Crippen LogP contribution in [0.4, 0.5) is 10.6 Å². The zero-order valence-electron chi connectivity index (χ0n) is 12.9. The van der Waals surface area contributed by atoms with Crippen molar-refractivity contribution in [2.24, 2.45) is 5.92 Å². The zero-order valence-corrected chi connectivity index (χ0v) is 12.9. The highest BCUT2D eigenvalue weighted by atomic mass is 16.5. The Hall–Kier alpha value is -1.60. The third kappa shape index (κ3) is 4.71. The number of hydrogen-bond acceptors (Lipinski definition) is 5. The molecule has 7 nitrogen and oxygen atoms in total. The average molecular weight is 296 g/mol. The lowest BCUT2D eigenvalue weighted by Crippen LogP contribution is -2.51. The van der Waals surface area contributed by atoms with E-state index in [1.165, 1.54) is 0 Å². The molecule has 1 fully saturated rings. The maximum atomic E-state index is 11.9. The first kappa shape index (κ1) is 15.8. The largest absolute Gasteiger partial charge is 0.379 e. The molecule has 1 unspecified atom stereocenters. The minimum Gasteiger partial charge on any atom is -0.379 e. The van der Waals surface area contributed by atoms with Crippen molar-refractivity contribution in [3.8, 4) is 0 Å². The quantitative estimate of drug-likeness (QED) is 0.860. The van der Waals surface area contributed by atoms with Gasteiger partial charge in [-0.2, -0.15) is 0 Å². The summed E-state index contributed by atoms with van der Waals surface area (Å²) in [6, 6.07) is 1.72. The number of nitrogens with zero attached hydrogens (tertiary/aromatic N) is 2. The smallest absolute Gasteiger partial charge is 0.320 e. The summed E-state index contributed by atoms with van der Waals surface area (Å²) in [7, 11) is 0. The minimum absolute atomic E-state index is 0.262. The fraction of sp³-hybridized carbons (Fsp3) is 0.714. The van der Waals surface area contributed by atoms with Crippen LogP contribution in [0.25, 0.3) is 0 Å². The first-order valence-corrected chi connectivity index (χ1v) is 7.36. The topological polar surface area (TPSA) is 79.6 Å². The Morgan fingerprint density at radius 3 is 2.71 bits per heavy atom. The van der Waals surface area contributed by atoms with Gasteiger partial charge in [0.15, 0.2) is 5.82 Å². The number of ether oxygens (including phenoxy) is 1. The van der Waals surface area contributed by atoms with Gasteiger partial charge in [-0.05, 0) is 12.8 Å². The first-order chi connectivity index (χ1) is 10.1. The Bertz CT molecular complexity index is 455. The van der Waals surface area contributed by atoms with Gasteiger partial charge in [0.1, 0.15) is 5.76 Å². The highest BCUT2D eigenvalue weighted by Crippen LogP contribution is 2.12. The number of amides is 2. The van der Waals surface area contributed by atoms with Crippen molar-refractivity contribution in [1.82, 2.24) is 15.4 Å². The summed E-state index contributed by atoms with van der Waals surface area (Å²) >= 11 is 0. The maximum absolute atomic E-state index is 11.9. The Balaban J connectivity index is 1.81. The third-order valence-corrected chi connectivity index (χ3v) is 3.63. The third-order valence-electron chi connectivity index (χ3n) is 3.63. The van der Waals surface area contributed by atoms with Crippen molar-refractivity contribution in [2.45, 2.75) is 26.8 Å². The van der Waals surface area contributed by atoms with Gasteiger partial charge in [0, 0.05) is 31.7 Å². The van der Waals surface area contributed by atoms with E-state index in [2.05, 4.69) is 34.5 Å². The van der Waals surface area contributed by atoms with Crippen LogP contribution in [0.5, 0.6) is 0 Å². The summed E-state index contributed by atoms with van der Waals surface area (Å²) in [5, 5.41) is 9.30. The molecule has 2 N–H and O–H groups in total. The minimum atomic E-state index is -0.262. The number of aryl methyl sites for hydroxylation is 1. The van der Waals surface area contributed by atoms with E-state index in [1.54, 1.807) is 13.0 Å². The predicted molar refractivity (Wildman–Crippen MR) is 79.3 cm³/mol. The van der Waals surface area contributed by atoms with Gasteiger partial charge >= 0.3 is 6.03 Å². The molecule has 118 valence electrons. The molecular weight excluding hydrogens is 272 g/mol. The highest BCUT2D eigenvalue weighted by Gasteiger charge is 2.24. The highest BCUT2D eigenvalue weighted by molar-refractivity contribution is 5.88. The normalized spacial score (nSPS) is 17.7. The predicted octanol–water partition coefficient (Wildman–Crippen LogP) is 1.46. The molecule has 0 saturated carbocycles. The molecular formula is C14H24N4O3. The number of urea groups is 1. The lowest BCUT2D eigenvalue weighted by atomic mass is 10.0. The summed E-state index contributed by atoms with van der Waals surface area (Å²) in [5.74, 6) is 1.55. The van der Waals surface area contributed by atoms with E-state index in [1.807, 2.05) is 0 Å². The van der Waals surface area contributed by atoms with Crippen LogP contribution in [-0.2, 0) is 4.74 Å². The van der Waals surface area contributed by atoms with Crippen molar-refractivity contribution < 1.29 is 14.1 Å². The van der Waals surface area contributed by atoms with E-state index in [0.717, 1.165) is 26.3 Å². The summed E-state index contributed by atoms with van der Waals surface area (Å²) in [6.07, 6.45) is 0. The van der Waals surface area contributed by atoms with E-state index in [-0.39, 0.29) is 6.03 Å². The average Bonchev–Trinajstić information content (AvgIpc) is 2.85. The van der Waals surface area contributed by atoms with E-state index < -0.39 is 0 Å². The summed E-state index contributed by atoms with van der Waals surface area (Å²) in [6.45, 7) is 10.1. The van der Waals surface area contributed by atoms with Crippen LogP contribution < -0.4 is 10.6 Å². The first-order valence-electron chi connectivity index (χ1n) is 7.36. The Labute approximate surface area is 125 Å². The molecule has 1 aliphatic heterocycles. The van der Waals surface area contributed by atoms with E-state index in [0.29, 0.717) is 30.1 Å². The molecule has 0 radical (unpaired) electrons. The van der Waals surface area contributed by atoms with Gasteiger partial charge in [-0.15, -0.1) is 0 Å². The second-order valence-electron chi connectivity index (χ2n) is 5.62. The van der Waals surface area contributed by atoms with Crippen LogP contribution in [0.2, 0.25) is 0 Å². The molecule has 0 aromatic carbocycles. The zero-order chi connectivity index (χ0) is 15.2. The molecule has 0 aliphatic carbocycles. The number of anilines is 1. The molecule has 2 amide bonds. The SMILES string of the molecule is Cc1cc(NC(=O)NCC(C(C)C)N2CCOCC2)no1. The number of carbonyl (C=O) groups excluding carboxylic acids is 1. The van der Waals surface area contributed by atoms with Crippen LogP contribution >= 0.6 is 0 Å². The van der Waals surface area contributed by atoms with E-state index >= 15 is 0 Å². The van der Waals surface area contributed by atoms with Crippen LogP contribution in [0.15, 0.2) is 10.6 Å². The molecule has 7 heteroatoms. The fourth-order valence-electron chi connectivity index (χ4n) is 2.48. The standard InChI is InChI=1S/C14H24N4O3/c1-10(2)12(18-4-6-20-7-5-18)9-15-14(19)16-13-8-11(3)21-17-13/h8,10,12H,4-7,9H2,1-3H3,(H2,15,16,17,19). The molecule has 1 aromatic heterocycles.